The molecule has 0 bridgehead atoms. The number of aromatic nitrogens is 2. The van der Waals surface area contributed by atoms with E-state index in [-0.39, 0.29) is 0 Å². The lowest BCUT2D eigenvalue weighted by atomic mass is 9.72. The van der Waals surface area contributed by atoms with Gasteiger partial charge in [-0.25, -0.2) is 0 Å². The summed E-state index contributed by atoms with van der Waals surface area (Å²) >= 11 is 4.38. The molecule has 23 heavy (non-hydrogen) atoms. The molecule has 0 fully saturated rings. The number of thiophene rings is 2. The van der Waals surface area contributed by atoms with E-state index in [0.29, 0.717) is 0 Å². The third-order valence-corrected chi connectivity index (χ3v) is 6.13. The van der Waals surface area contributed by atoms with Gasteiger partial charge in [-0.2, -0.15) is 31.4 Å². The molecular weight excluding hydrogens is 337 g/mol. The second kappa shape index (κ2) is 5.93. The monoisotopic (exact) mass is 345 g/mol. The number of rotatable bonds is 3. The lowest BCUT2D eigenvalue weighted by Crippen LogP contribution is -2.11. The predicted molar refractivity (Wildman–Crippen MR) is 106 cm³/mol. The maximum atomic E-state index is 5.99. The number of benzene rings is 1. The Hall–Kier alpha value is -1.37. The number of nitrogens with zero attached hydrogens (tertiary/aromatic N) is 2. The van der Waals surface area contributed by atoms with Crippen molar-refractivity contribution in [1.82, 2.24) is 8.75 Å². The molecule has 8 heteroatoms. The van der Waals surface area contributed by atoms with Crippen molar-refractivity contribution >= 4 is 83.4 Å². The van der Waals surface area contributed by atoms with Gasteiger partial charge >= 0.3 is 0 Å². The average molecular weight is 345 g/mol. The SMILES string of the molecule is [B]c1ccc(-c2ccc(-c3sc([B])cc3[B]C)c3nsnc23)s1. The highest BCUT2D eigenvalue weighted by Crippen LogP contribution is 2.36. The van der Waals surface area contributed by atoms with Gasteiger partial charge in [0.1, 0.15) is 34.0 Å². The Morgan fingerprint density at radius 1 is 0.913 bits per heavy atom. The second-order valence-corrected chi connectivity index (χ2v) is 7.77. The zero-order valence-corrected chi connectivity index (χ0v) is 14.7. The van der Waals surface area contributed by atoms with Crippen LogP contribution in [0.5, 0.6) is 0 Å². The summed E-state index contributed by atoms with van der Waals surface area (Å²) in [6.45, 7) is 2.02. The van der Waals surface area contributed by atoms with Crippen molar-refractivity contribution in [3.8, 4) is 20.9 Å². The molecule has 0 atom stereocenters. The van der Waals surface area contributed by atoms with E-state index < -0.39 is 0 Å². The van der Waals surface area contributed by atoms with Gasteiger partial charge in [0.15, 0.2) is 0 Å². The first-order chi connectivity index (χ1) is 11.2. The van der Waals surface area contributed by atoms with Crippen LogP contribution in [0.1, 0.15) is 0 Å². The van der Waals surface area contributed by atoms with E-state index in [1.54, 1.807) is 22.7 Å². The predicted octanol–water partition coefficient (Wildman–Crippen LogP) is 2.11. The fraction of sp³-hybridized carbons (Fsp3) is 0.0667. The van der Waals surface area contributed by atoms with Crippen LogP contribution in [-0.2, 0) is 0 Å². The average Bonchev–Trinajstić information content (AvgIpc) is 3.25. The molecule has 0 saturated heterocycles. The van der Waals surface area contributed by atoms with Gasteiger partial charge < -0.3 is 0 Å². The Morgan fingerprint density at radius 3 is 2.35 bits per heavy atom. The van der Waals surface area contributed by atoms with Gasteiger partial charge in [0.2, 0.25) is 0 Å². The van der Waals surface area contributed by atoms with E-state index in [0.717, 1.165) is 46.9 Å². The highest BCUT2D eigenvalue weighted by Gasteiger charge is 2.17. The van der Waals surface area contributed by atoms with E-state index in [9.17, 15) is 0 Å². The van der Waals surface area contributed by atoms with Crippen molar-refractivity contribution in [2.45, 2.75) is 6.82 Å². The summed E-state index contributed by atoms with van der Waals surface area (Å²) in [5.41, 5.74) is 5.13. The zero-order chi connectivity index (χ0) is 16.0. The maximum Gasteiger partial charge on any atom is 0.150 e. The topological polar surface area (TPSA) is 25.8 Å². The Kier molecular flexibility index (Phi) is 3.91. The molecule has 0 unspecified atom stereocenters. The first-order valence-corrected chi connectivity index (χ1v) is 9.33. The first kappa shape index (κ1) is 15.2. The molecule has 0 N–H and O–H groups in total. The first-order valence-electron chi connectivity index (χ1n) is 6.97. The molecule has 0 saturated carbocycles. The minimum absolute atomic E-state index is 0.800. The number of hydrogen-bond donors (Lipinski definition) is 0. The molecule has 0 aliphatic heterocycles. The third-order valence-electron chi connectivity index (χ3n) is 3.64. The summed E-state index contributed by atoms with van der Waals surface area (Å²) < 4.78 is 10.6. The van der Waals surface area contributed by atoms with Crippen LogP contribution in [-0.4, -0.2) is 31.7 Å². The van der Waals surface area contributed by atoms with Gasteiger partial charge in [0.05, 0.1) is 11.7 Å². The van der Waals surface area contributed by atoms with Crippen molar-refractivity contribution in [2.24, 2.45) is 0 Å². The van der Waals surface area contributed by atoms with E-state index >= 15 is 0 Å². The van der Waals surface area contributed by atoms with Crippen LogP contribution in [0.25, 0.3) is 31.9 Å². The zero-order valence-electron chi connectivity index (χ0n) is 12.2. The molecule has 4 rings (SSSR count). The van der Waals surface area contributed by atoms with Crippen molar-refractivity contribution in [1.29, 1.82) is 0 Å². The van der Waals surface area contributed by atoms with Crippen molar-refractivity contribution < 1.29 is 0 Å². The Balaban J connectivity index is 1.95. The quantitative estimate of drug-likeness (QED) is 0.532. The summed E-state index contributed by atoms with van der Waals surface area (Å²) in [6.07, 6.45) is 0. The van der Waals surface area contributed by atoms with E-state index in [4.69, 9.17) is 15.7 Å². The fourth-order valence-electron chi connectivity index (χ4n) is 2.60. The molecule has 2 nitrogen and oxygen atoms in total. The van der Waals surface area contributed by atoms with Gasteiger partial charge in [-0.3, -0.25) is 0 Å². The minimum Gasteiger partial charge on any atom is -0.172 e. The van der Waals surface area contributed by atoms with Gasteiger partial charge in [0.25, 0.3) is 0 Å². The van der Waals surface area contributed by atoms with Crippen molar-refractivity contribution in [3.63, 3.8) is 0 Å². The van der Waals surface area contributed by atoms with E-state index in [2.05, 4.69) is 28.2 Å². The Labute approximate surface area is 150 Å². The Morgan fingerprint density at radius 2 is 1.65 bits per heavy atom. The summed E-state index contributed by atoms with van der Waals surface area (Å²) in [4.78, 5) is 2.25. The Bertz CT molecular complexity index is 1000. The fourth-order valence-corrected chi connectivity index (χ4v) is 4.96. The van der Waals surface area contributed by atoms with Gasteiger partial charge in [0, 0.05) is 20.9 Å². The summed E-state index contributed by atoms with van der Waals surface area (Å²) in [5.74, 6) is 0. The van der Waals surface area contributed by atoms with E-state index in [1.807, 2.05) is 25.0 Å². The molecule has 3 aromatic heterocycles. The van der Waals surface area contributed by atoms with Gasteiger partial charge in [-0.05, 0) is 15.6 Å². The van der Waals surface area contributed by atoms with Crippen molar-refractivity contribution in [2.75, 3.05) is 0 Å². The lowest BCUT2D eigenvalue weighted by molar-refractivity contribution is 1.64. The summed E-state index contributed by atoms with van der Waals surface area (Å²) in [7, 11) is 13.9. The van der Waals surface area contributed by atoms with Crippen LogP contribution >= 0.6 is 34.4 Å². The molecule has 0 aliphatic rings. The highest BCUT2D eigenvalue weighted by atomic mass is 32.1. The molecule has 1 aromatic carbocycles. The summed E-state index contributed by atoms with van der Waals surface area (Å²) in [6, 6.07) is 10.2. The van der Waals surface area contributed by atoms with Gasteiger partial charge in [-0.1, -0.05) is 36.6 Å². The van der Waals surface area contributed by atoms with Crippen LogP contribution in [0.15, 0.2) is 30.3 Å². The maximum absolute atomic E-state index is 5.99. The lowest BCUT2D eigenvalue weighted by Gasteiger charge is -2.05. The molecule has 0 aliphatic carbocycles. The minimum atomic E-state index is 0.800. The van der Waals surface area contributed by atoms with Crippen LogP contribution in [0.3, 0.4) is 0 Å². The molecule has 0 spiro atoms. The number of fused-ring (bicyclic) bond motifs is 1. The molecular formula is C15H8B3N2S3. The van der Waals surface area contributed by atoms with Crippen LogP contribution < -0.4 is 15.0 Å². The highest BCUT2D eigenvalue weighted by molar-refractivity contribution is 7.24. The molecule has 5 radical (unpaired) electrons. The molecule has 0 amide bonds. The normalized spacial score (nSPS) is 11.2. The van der Waals surface area contributed by atoms with Gasteiger partial charge in [-0.15, -0.1) is 0 Å². The van der Waals surface area contributed by atoms with Crippen LogP contribution in [0, 0.1) is 0 Å². The van der Waals surface area contributed by atoms with E-state index in [1.165, 1.54) is 11.7 Å². The summed E-state index contributed by atoms with van der Waals surface area (Å²) in [5, 5.41) is 0. The van der Waals surface area contributed by atoms with Crippen molar-refractivity contribution in [3.05, 3.63) is 30.3 Å². The molecule has 3 heterocycles. The van der Waals surface area contributed by atoms with Crippen LogP contribution in [0.4, 0.5) is 0 Å². The third kappa shape index (κ3) is 2.59. The largest absolute Gasteiger partial charge is 0.172 e. The second-order valence-electron chi connectivity index (χ2n) is 5.05. The molecule has 105 valence electrons. The smallest absolute Gasteiger partial charge is 0.150 e. The van der Waals surface area contributed by atoms with Crippen LogP contribution in [0.2, 0.25) is 6.82 Å². The molecule has 4 aromatic rings. The standard InChI is InChI=1S/C15H8B3N2S3/c1-18-9-6-12(17)22-15(9)8-3-2-7(10-4-5-11(16)21-10)13-14(8)20-23-19-13/h2-6H,1H3. The number of hydrogen-bond acceptors (Lipinski definition) is 5.